The van der Waals surface area contributed by atoms with Gasteiger partial charge in [0.15, 0.2) is 6.23 Å². The Bertz CT molecular complexity index is 934. The van der Waals surface area contributed by atoms with Gasteiger partial charge >= 0.3 is 5.69 Å². The van der Waals surface area contributed by atoms with Crippen LogP contribution in [0.25, 0.3) is 0 Å². The lowest BCUT2D eigenvalue weighted by molar-refractivity contribution is -0.129. The van der Waals surface area contributed by atoms with Gasteiger partial charge in [0.25, 0.3) is 5.91 Å². The molecule has 1 aromatic carbocycles. The van der Waals surface area contributed by atoms with Crippen molar-refractivity contribution in [2.45, 2.75) is 63.9 Å². The number of nitrogens with one attached hydrogen (secondary N) is 1. The lowest BCUT2D eigenvalue weighted by atomic mass is 10.1. The molecule has 3 rings (SSSR count). The summed E-state index contributed by atoms with van der Waals surface area (Å²) in [6, 6.07) is 10.1. The van der Waals surface area contributed by atoms with Crippen molar-refractivity contribution in [2.75, 3.05) is 12.4 Å². The number of methoxy groups -OCH3 is 1. The lowest BCUT2D eigenvalue weighted by Crippen LogP contribution is -2.41. The summed E-state index contributed by atoms with van der Waals surface area (Å²) in [5.74, 6) is -0.244. The number of rotatable bonds is 8. The van der Waals surface area contributed by atoms with Gasteiger partial charge in [-0.1, -0.05) is 25.1 Å². The minimum absolute atomic E-state index is 0.125. The van der Waals surface area contributed by atoms with Crippen LogP contribution in [0.1, 0.15) is 43.8 Å². The van der Waals surface area contributed by atoms with Crippen molar-refractivity contribution < 1.29 is 24.1 Å². The highest BCUT2D eigenvalue weighted by Crippen LogP contribution is 2.33. The van der Waals surface area contributed by atoms with Crippen molar-refractivity contribution in [2.24, 2.45) is 0 Å². The van der Waals surface area contributed by atoms with Crippen molar-refractivity contribution in [3.05, 3.63) is 58.6 Å². The number of hydrogen-bond donors (Lipinski definition) is 2. The number of carbonyl (C=O) groups is 1. The van der Waals surface area contributed by atoms with E-state index in [-0.39, 0.29) is 23.9 Å². The molecule has 2 N–H and O–H groups in total. The van der Waals surface area contributed by atoms with Crippen molar-refractivity contribution in [3.8, 4) is 0 Å². The van der Waals surface area contributed by atoms with Crippen LogP contribution in [0, 0.1) is 0 Å². The quantitative estimate of drug-likeness (QED) is 0.657. The topological polar surface area (TPSA) is 112 Å². The molecule has 0 radical (unpaired) electrons. The number of ether oxygens (including phenoxy) is 3. The second-order valence-electron chi connectivity index (χ2n) is 7.53. The van der Waals surface area contributed by atoms with Gasteiger partial charge in [0.1, 0.15) is 18.0 Å². The van der Waals surface area contributed by atoms with E-state index >= 15 is 0 Å². The SMILES string of the molecule is CC[C@H]1O[C@@H](n2ccc(NC(=O)c3ccccc3)nc2=O)C(O[C@H](C)[C@H](C)OC)[C@H]1O. The average molecular weight is 431 g/mol. The van der Waals surface area contributed by atoms with E-state index in [1.807, 2.05) is 26.8 Å². The fourth-order valence-electron chi connectivity index (χ4n) is 3.43. The molecule has 0 spiro atoms. The van der Waals surface area contributed by atoms with Crippen LogP contribution in [-0.4, -0.2) is 58.2 Å². The first-order valence-electron chi connectivity index (χ1n) is 10.3. The maximum atomic E-state index is 12.7. The van der Waals surface area contributed by atoms with Gasteiger partial charge in [-0.15, -0.1) is 0 Å². The van der Waals surface area contributed by atoms with Crippen LogP contribution in [0.15, 0.2) is 47.4 Å². The molecule has 1 aliphatic rings. The fourth-order valence-corrected chi connectivity index (χ4v) is 3.43. The van der Waals surface area contributed by atoms with E-state index in [4.69, 9.17) is 14.2 Å². The summed E-state index contributed by atoms with van der Waals surface area (Å²) in [4.78, 5) is 29.0. The van der Waals surface area contributed by atoms with Crippen LogP contribution in [-0.2, 0) is 14.2 Å². The number of aliphatic hydroxyl groups excluding tert-OH is 1. The summed E-state index contributed by atoms with van der Waals surface area (Å²) >= 11 is 0. The monoisotopic (exact) mass is 431 g/mol. The van der Waals surface area contributed by atoms with Gasteiger partial charge in [0.05, 0.1) is 18.3 Å². The van der Waals surface area contributed by atoms with Crippen LogP contribution in [0.2, 0.25) is 0 Å². The fraction of sp³-hybridized carbons (Fsp3) is 0.500. The molecule has 1 aliphatic heterocycles. The smallest absolute Gasteiger partial charge is 0.351 e. The Morgan fingerprint density at radius 1 is 1.26 bits per heavy atom. The second-order valence-corrected chi connectivity index (χ2v) is 7.53. The van der Waals surface area contributed by atoms with Crippen molar-refractivity contribution in [3.63, 3.8) is 0 Å². The minimum atomic E-state index is -0.911. The molecule has 0 aliphatic carbocycles. The molecular formula is C22H29N3O6. The molecule has 2 aromatic rings. The van der Waals surface area contributed by atoms with Crippen molar-refractivity contribution in [1.29, 1.82) is 0 Å². The highest BCUT2D eigenvalue weighted by Gasteiger charge is 2.46. The Balaban J connectivity index is 1.81. The van der Waals surface area contributed by atoms with Gasteiger partial charge in [-0.25, -0.2) is 4.79 Å². The molecule has 0 bridgehead atoms. The maximum Gasteiger partial charge on any atom is 0.351 e. The zero-order valence-corrected chi connectivity index (χ0v) is 18.1. The van der Waals surface area contributed by atoms with E-state index in [1.165, 1.54) is 16.8 Å². The lowest BCUT2D eigenvalue weighted by Gasteiger charge is -2.28. The molecule has 9 heteroatoms. The number of benzene rings is 1. The Labute approximate surface area is 181 Å². The highest BCUT2D eigenvalue weighted by molar-refractivity contribution is 6.03. The molecule has 1 unspecified atom stereocenters. The summed E-state index contributed by atoms with van der Waals surface area (Å²) in [6.45, 7) is 5.58. The number of carbonyl (C=O) groups excluding carboxylic acids is 1. The molecule has 168 valence electrons. The molecule has 6 atom stereocenters. The van der Waals surface area contributed by atoms with E-state index in [0.29, 0.717) is 12.0 Å². The Kier molecular flexibility index (Phi) is 7.55. The average Bonchev–Trinajstić information content (AvgIpc) is 3.08. The number of amides is 1. The molecule has 31 heavy (non-hydrogen) atoms. The van der Waals surface area contributed by atoms with Crippen LogP contribution in [0.5, 0.6) is 0 Å². The van der Waals surface area contributed by atoms with E-state index < -0.39 is 30.2 Å². The van der Waals surface area contributed by atoms with Crippen LogP contribution >= 0.6 is 0 Å². The van der Waals surface area contributed by atoms with E-state index in [0.717, 1.165) is 0 Å². The van der Waals surface area contributed by atoms with Crippen LogP contribution in [0.4, 0.5) is 5.82 Å². The first-order chi connectivity index (χ1) is 14.8. The van der Waals surface area contributed by atoms with Gasteiger partial charge in [0.2, 0.25) is 0 Å². The Morgan fingerprint density at radius 2 is 1.97 bits per heavy atom. The van der Waals surface area contributed by atoms with E-state index in [2.05, 4.69) is 10.3 Å². The normalized spacial score (nSPS) is 25.2. The van der Waals surface area contributed by atoms with Gasteiger partial charge in [-0.2, -0.15) is 4.98 Å². The third-order valence-corrected chi connectivity index (χ3v) is 5.50. The van der Waals surface area contributed by atoms with Gasteiger partial charge < -0.3 is 24.6 Å². The molecular weight excluding hydrogens is 402 g/mol. The third kappa shape index (κ3) is 5.19. The second kappa shape index (κ2) is 10.1. The first-order valence-corrected chi connectivity index (χ1v) is 10.3. The third-order valence-electron chi connectivity index (χ3n) is 5.50. The maximum absolute atomic E-state index is 12.7. The minimum Gasteiger partial charge on any atom is -0.388 e. The molecule has 9 nitrogen and oxygen atoms in total. The summed E-state index contributed by atoms with van der Waals surface area (Å²) in [7, 11) is 1.58. The van der Waals surface area contributed by atoms with Crippen molar-refractivity contribution >= 4 is 11.7 Å². The number of aromatic nitrogens is 2. The predicted octanol–water partition coefficient (Wildman–Crippen LogP) is 1.97. The number of anilines is 1. The summed E-state index contributed by atoms with van der Waals surface area (Å²) in [6.07, 6.45) is -1.54. The van der Waals surface area contributed by atoms with Crippen LogP contribution < -0.4 is 11.0 Å². The largest absolute Gasteiger partial charge is 0.388 e. The molecule has 0 saturated carbocycles. The summed E-state index contributed by atoms with van der Waals surface area (Å²) in [5.41, 5.74) is -0.169. The van der Waals surface area contributed by atoms with Gasteiger partial charge in [0, 0.05) is 18.9 Å². The molecule has 1 fully saturated rings. The van der Waals surface area contributed by atoms with Gasteiger partial charge in [-0.3, -0.25) is 9.36 Å². The molecule has 2 heterocycles. The van der Waals surface area contributed by atoms with E-state index in [1.54, 1.807) is 31.4 Å². The summed E-state index contributed by atoms with van der Waals surface area (Å²) in [5, 5.41) is 13.3. The first kappa shape index (κ1) is 23.1. The van der Waals surface area contributed by atoms with Crippen molar-refractivity contribution in [1.82, 2.24) is 9.55 Å². The van der Waals surface area contributed by atoms with Crippen LogP contribution in [0.3, 0.4) is 0 Å². The zero-order chi connectivity index (χ0) is 22.5. The number of nitrogens with zero attached hydrogens (tertiary/aromatic N) is 2. The number of aliphatic hydroxyl groups is 1. The molecule has 1 aromatic heterocycles. The summed E-state index contributed by atoms with van der Waals surface area (Å²) < 4.78 is 18.5. The predicted molar refractivity (Wildman–Crippen MR) is 114 cm³/mol. The Hall–Kier alpha value is -2.59. The van der Waals surface area contributed by atoms with E-state index in [9.17, 15) is 14.7 Å². The molecule has 1 amide bonds. The zero-order valence-electron chi connectivity index (χ0n) is 18.1. The highest BCUT2D eigenvalue weighted by atomic mass is 16.6. The molecule has 1 saturated heterocycles. The number of hydrogen-bond acceptors (Lipinski definition) is 7. The Morgan fingerprint density at radius 3 is 2.58 bits per heavy atom. The van der Waals surface area contributed by atoms with Gasteiger partial charge in [-0.05, 0) is 38.5 Å². The standard InChI is InChI=1S/C22H29N3O6/c1-5-16-18(26)19(30-14(3)13(2)29-4)21(31-16)25-12-11-17(24-22(25)28)23-20(27)15-9-7-6-8-10-15/h6-14,16,18-19,21,26H,5H2,1-4H3,(H,23,24,27,28)/t13-,14+,16+,18-,19?,21+/m0/s1.